The standard InChI is InChI=1S/C28H21N3O4S/c1-18-15-23(24(31(33)34)16-19(18)2)25-14-13-22(35-25)17-26-27(32)30(21-11-7-4-8-12-21)28(36-26)29-20-9-5-3-6-10-20/h3-17H,1-2H3. The zero-order valence-electron chi connectivity index (χ0n) is 19.5. The number of benzene rings is 3. The molecule has 0 aliphatic carbocycles. The van der Waals surface area contributed by atoms with Crippen LogP contribution in [0.25, 0.3) is 17.4 Å². The zero-order valence-corrected chi connectivity index (χ0v) is 20.4. The van der Waals surface area contributed by atoms with Crippen LogP contribution in [-0.2, 0) is 4.79 Å². The molecule has 7 nitrogen and oxygen atoms in total. The highest BCUT2D eigenvalue weighted by atomic mass is 32.2. The van der Waals surface area contributed by atoms with Crippen molar-refractivity contribution in [3.05, 3.63) is 117 Å². The molecule has 0 bridgehead atoms. The van der Waals surface area contributed by atoms with Gasteiger partial charge < -0.3 is 4.42 Å². The van der Waals surface area contributed by atoms with Gasteiger partial charge in [0.05, 0.1) is 26.8 Å². The normalized spacial score (nSPS) is 15.7. The summed E-state index contributed by atoms with van der Waals surface area (Å²) in [6.45, 7) is 3.73. The summed E-state index contributed by atoms with van der Waals surface area (Å²) in [4.78, 5) is 31.4. The molecule has 36 heavy (non-hydrogen) atoms. The maximum absolute atomic E-state index is 13.4. The van der Waals surface area contributed by atoms with E-state index in [4.69, 9.17) is 9.41 Å². The van der Waals surface area contributed by atoms with Crippen molar-refractivity contribution in [3.63, 3.8) is 0 Å². The number of aliphatic imine (C=N–C) groups is 1. The van der Waals surface area contributed by atoms with Crippen molar-refractivity contribution in [2.45, 2.75) is 13.8 Å². The van der Waals surface area contributed by atoms with Crippen LogP contribution >= 0.6 is 11.8 Å². The summed E-state index contributed by atoms with van der Waals surface area (Å²) >= 11 is 1.25. The molecule has 2 heterocycles. The molecule has 4 aromatic rings. The quantitative estimate of drug-likeness (QED) is 0.165. The van der Waals surface area contributed by atoms with Crippen LogP contribution in [-0.4, -0.2) is 16.0 Å². The highest BCUT2D eigenvalue weighted by Crippen LogP contribution is 2.39. The average molecular weight is 496 g/mol. The minimum absolute atomic E-state index is 0.0227. The first-order valence-corrected chi connectivity index (χ1v) is 12.0. The minimum Gasteiger partial charge on any atom is -0.456 e. The summed E-state index contributed by atoms with van der Waals surface area (Å²) < 4.78 is 5.96. The Bertz CT molecular complexity index is 1530. The van der Waals surface area contributed by atoms with Crippen LogP contribution in [0.2, 0.25) is 0 Å². The van der Waals surface area contributed by atoms with Gasteiger partial charge in [0, 0.05) is 12.1 Å². The SMILES string of the molecule is Cc1cc(-c2ccc(C=C3SC(=Nc4ccccc4)N(c4ccccc4)C3=O)o2)c([N+](=O)[O-])cc1C. The Kier molecular flexibility index (Phi) is 6.26. The lowest BCUT2D eigenvalue weighted by Gasteiger charge is -2.15. The molecule has 0 radical (unpaired) electrons. The van der Waals surface area contributed by atoms with Gasteiger partial charge in [-0.25, -0.2) is 4.99 Å². The lowest BCUT2D eigenvalue weighted by atomic mass is 10.0. The topological polar surface area (TPSA) is 89.0 Å². The van der Waals surface area contributed by atoms with Crippen LogP contribution in [0.3, 0.4) is 0 Å². The Labute approximate surface area is 211 Å². The summed E-state index contributed by atoms with van der Waals surface area (Å²) in [7, 11) is 0. The molecule has 0 atom stereocenters. The fourth-order valence-corrected chi connectivity index (χ4v) is 4.80. The summed E-state index contributed by atoms with van der Waals surface area (Å²) in [6, 6.07) is 25.4. The molecule has 178 valence electrons. The molecule has 8 heteroatoms. The van der Waals surface area contributed by atoms with Crippen molar-refractivity contribution in [1.82, 2.24) is 0 Å². The number of nitro benzene ring substituents is 1. The average Bonchev–Trinajstić information content (AvgIpc) is 3.46. The van der Waals surface area contributed by atoms with Crippen molar-refractivity contribution >= 4 is 46.0 Å². The molecule has 5 rings (SSSR count). The Morgan fingerprint density at radius 1 is 0.944 bits per heavy atom. The number of rotatable bonds is 5. The van der Waals surface area contributed by atoms with E-state index >= 15 is 0 Å². The number of anilines is 1. The molecule has 0 N–H and O–H groups in total. The number of furan rings is 1. The predicted molar refractivity (Wildman–Crippen MR) is 143 cm³/mol. The number of amidine groups is 1. The van der Waals surface area contributed by atoms with Gasteiger partial charge in [0.1, 0.15) is 11.5 Å². The van der Waals surface area contributed by atoms with Gasteiger partial charge in [0.25, 0.3) is 11.6 Å². The largest absolute Gasteiger partial charge is 0.456 e. The van der Waals surface area contributed by atoms with Gasteiger partial charge in [-0.1, -0.05) is 36.4 Å². The first-order chi connectivity index (χ1) is 17.4. The Morgan fingerprint density at radius 3 is 2.31 bits per heavy atom. The third-order valence-electron chi connectivity index (χ3n) is 5.78. The van der Waals surface area contributed by atoms with Gasteiger partial charge in [-0.15, -0.1) is 0 Å². The zero-order chi connectivity index (χ0) is 25.2. The van der Waals surface area contributed by atoms with E-state index in [1.54, 1.807) is 35.2 Å². The lowest BCUT2D eigenvalue weighted by molar-refractivity contribution is -0.384. The highest BCUT2D eigenvalue weighted by Gasteiger charge is 2.35. The molecule has 1 fully saturated rings. The maximum Gasteiger partial charge on any atom is 0.280 e. The van der Waals surface area contributed by atoms with Crippen LogP contribution < -0.4 is 4.90 Å². The second-order valence-corrected chi connectivity index (χ2v) is 9.24. The smallest absolute Gasteiger partial charge is 0.280 e. The molecular weight excluding hydrogens is 474 g/mol. The highest BCUT2D eigenvalue weighted by molar-refractivity contribution is 8.19. The second-order valence-electron chi connectivity index (χ2n) is 8.23. The van der Waals surface area contributed by atoms with E-state index < -0.39 is 4.92 Å². The number of carbonyl (C=O) groups is 1. The summed E-state index contributed by atoms with van der Waals surface area (Å²) in [6.07, 6.45) is 1.65. The Balaban J connectivity index is 1.53. The molecule has 0 saturated carbocycles. The lowest BCUT2D eigenvalue weighted by Crippen LogP contribution is -2.28. The van der Waals surface area contributed by atoms with Gasteiger partial charge in [-0.05, 0) is 79.2 Å². The summed E-state index contributed by atoms with van der Waals surface area (Å²) in [5, 5.41) is 12.2. The van der Waals surface area contributed by atoms with Crippen molar-refractivity contribution in [2.24, 2.45) is 4.99 Å². The molecule has 0 spiro atoms. The first-order valence-electron chi connectivity index (χ1n) is 11.2. The number of hydrogen-bond acceptors (Lipinski definition) is 6. The Hall–Kier alpha value is -4.43. The van der Waals surface area contributed by atoms with E-state index in [1.807, 2.05) is 74.5 Å². The van der Waals surface area contributed by atoms with Crippen molar-refractivity contribution < 1.29 is 14.1 Å². The van der Waals surface area contributed by atoms with Crippen LogP contribution in [0.5, 0.6) is 0 Å². The molecule has 0 unspecified atom stereocenters. The minimum atomic E-state index is -0.414. The molecule has 3 aromatic carbocycles. The number of thioether (sulfide) groups is 1. The van der Waals surface area contributed by atoms with Gasteiger partial charge in [0.2, 0.25) is 0 Å². The molecule has 1 aliphatic heterocycles. The van der Waals surface area contributed by atoms with E-state index in [-0.39, 0.29) is 11.6 Å². The van der Waals surface area contributed by atoms with Crippen LogP contribution in [0, 0.1) is 24.0 Å². The molecule has 1 saturated heterocycles. The van der Waals surface area contributed by atoms with E-state index in [1.165, 1.54) is 11.8 Å². The number of para-hydroxylation sites is 2. The number of aryl methyl sites for hydroxylation is 2. The van der Waals surface area contributed by atoms with Gasteiger partial charge in [-0.2, -0.15) is 0 Å². The van der Waals surface area contributed by atoms with Gasteiger partial charge in [0.15, 0.2) is 5.17 Å². The number of amides is 1. The summed E-state index contributed by atoms with van der Waals surface area (Å²) in [5.74, 6) is 0.559. The number of carbonyl (C=O) groups excluding carboxylic acids is 1. The van der Waals surface area contributed by atoms with E-state index in [0.29, 0.717) is 32.8 Å². The monoisotopic (exact) mass is 495 g/mol. The van der Waals surface area contributed by atoms with Crippen LogP contribution in [0.1, 0.15) is 16.9 Å². The third-order valence-corrected chi connectivity index (χ3v) is 6.74. The molecule has 1 aliphatic rings. The van der Waals surface area contributed by atoms with Crippen LogP contribution in [0.4, 0.5) is 17.1 Å². The Morgan fingerprint density at radius 2 is 1.61 bits per heavy atom. The van der Waals surface area contributed by atoms with Crippen LogP contribution in [0.15, 0.2) is 99.2 Å². The van der Waals surface area contributed by atoms with E-state index in [2.05, 4.69) is 0 Å². The fourth-order valence-electron chi connectivity index (χ4n) is 3.82. The fraction of sp³-hybridized carbons (Fsp3) is 0.0714. The molecular formula is C28H21N3O4S. The number of hydrogen-bond donors (Lipinski definition) is 0. The predicted octanol–water partition coefficient (Wildman–Crippen LogP) is 7.28. The molecule has 1 aromatic heterocycles. The van der Waals surface area contributed by atoms with Crippen molar-refractivity contribution in [3.8, 4) is 11.3 Å². The van der Waals surface area contributed by atoms with Gasteiger partial charge >= 0.3 is 0 Å². The third kappa shape index (κ3) is 4.58. The second kappa shape index (κ2) is 9.67. The first kappa shape index (κ1) is 23.3. The van der Waals surface area contributed by atoms with E-state index in [9.17, 15) is 14.9 Å². The van der Waals surface area contributed by atoms with Gasteiger partial charge in [-0.3, -0.25) is 19.8 Å². The van der Waals surface area contributed by atoms with Crippen molar-refractivity contribution in [2.75, 3.05) is 4.90 Å². The summed E-state index contributed by atoms with van der Waals surface area (Å²) in [5.41, 5.74) is 3.57. The van der Waals surface area contributed by atoms with E-state index in [0.717, 1.165) is 16.8 Å². The molecule has 1 amide bonds. The maximum atomic E-state index is 13.4. The number of nitro groups is 1. The number of nitrogens with zero attached hydrogens (tertiary/aromatic N) is 3. The van der Waals surface area contributed by atoms with Crippen molar-refractivity contribution in [1.29, 1.82) is 0 Å².